The number of nitrogens with zero attached hydrogens (tertiary/aromatic N) is 1. The molecule has 2 aromatic carbocycles. The zero-order chi connectivity index (χ0) is 20.3. The van der Waals surface area contributed by atoms with Crippen molar-refractivity contribution in [3.8, 4) is 0 Å². The maximum atomic E-state index is 13.8. The van der Waals surface area contributed by atoms with Crippen molar-refractivity contribution in [1.29, 1.82) is 0 Å². The molecule has 0 aliphatic carbocycles. The van der Waals surface area contributed by atoms with Gasteiger partial charge >= 0.3 is 0 Å². The zero-order valence-electron chi connectivity index (χ0n) is 14.9. The summed E-state index contributed by atoms with van der Waals surface area (Å²) in [5, 5.41) is 2.78. The van der Waals surface area contributed by atoms with Crippen molar-refractivity contribution in [2.45, 2.75) is 19.4 Å². The van der Waals surface area contributed by atoms with Crippen LogP contribution >= 0.6 is 15.9 Å². The van der Waals surface area contributed by atoms with Crippen LogP contribution in [-0.2, 0) is 11.3 Å². The van der Waals surface area contributed by atoms with E-state index in [1.807, 2.05) is 0 Å². The Bertz CT molecular complexity index is 879. The maximum absolute atomic E-state index is 13.8. The van der Waals surface area contributed by atoms with Crippen LogP contribution in [0.4, 0.5) is 13.2 Å². The lowest BCUT2D eigenvalue weighted by Gasteiger charge is -2.31. The lowest BCUT2D eigenvalue weighted by Crippen LogP contribution is -2.43. The molecular weight excluding hydrogens is 437 g/mol. The van der Waals surface area contributed by atoms with Crippen molar-refractivity contribution in [2.75, 3.05) is 13.1 Å². The molecule has 3 rings (SSSR count). The van der Waals surface area contributed by atoms with E-state index >= 15 is 0 Å². The highest BCUT2D eigenvalue weighted by molar-refractivity contribution is 9.10. The van der Waals surface area contributed by atoms with E-state index in [1.54, 1.807) is 6.07 Å². The average Bonchev–Trinajstić information content (AvgIpc) is 2.65. The quantitative estimate of drug-likeness (QED) is 0.757. The lowest BCUT2D eigenvalue weighted by molar-refractivity contribution is -0.126. The Hall–Kier alpha value is -2.35. The Morgan fingerprint density at radius 3 is 2.39 bits per heavy atom. The summed E-state index contributed by atoms with van der Waals surface area (Å²) in [7, 11) is 0. The van der Waals surface area contributed by atoms with E-state index in [4.69, 9.17) is 0 Å². The molecule has 0 bridgehead atoms. The minimum atomic E-state index is -0.897. The Labute approximate surface area is 168 Å². The molecule has 8 heteroatoms. The van der Waals surface area contributed by atoms with Gasteiger partial charge in [-0.15, -0.1) is 0 Å². The van der Waals surface area contributed by atoms with E-state index in [0.29, 0.717) is 42.0 Å². The smallest absolute Gasteiger partial charge is 0.256 e. The number of amides is 2. The maximum Gasteiger partial charge on any atom is 0.256 e. The summed E-state index contributed by atoms with van der Waals surface area (Å²) in [4.78, 5) is 26.2. The molecular formula is C20H18BrF3N2O2. The second-order valence-corrected chi connectivity index (χ2v) is 7.60. The van der Waals surface area contributed by atoms with Crippen molar-refractivity contribution < 1.29 is 22.8 Å². The molecule has 1 aliphatic rings. The van der Waals surface area contributed by atoms with Gasteiger partial charge in [-0.1, -0.05) is 15.9 Å². The number of hydrogen-bond donors (Lipinski definition) is 1. The first kappa shape index (κ1) is 20.4. The van der Waals surface area contributed by atoms with E-state index in [9.17, 15) is 22.8 Å². The van der Waals surface area contributed by atoms with Crippen molar-refractivity contribution in [3.05, 3.63) is 69.4 Å². The molecule has 2 amide bonds. The number of carbonyl (C=O) groups excluding carboxylic acids is 2. The molecule has 1 heterocycles. The topological polar surface area (TPSA) is 49.4 Å². The number of likely N-dealkylation sites (tertiary alicyclic amines) is 1. The van der Waals surface area contributed by atoms with Gasteiger partial charge in [-0.2, -0.15) is 0 Å². The second kappa shape index (κ2) is 8.77. The van der Waals surface area contributed by atoms with Crippen molar-refractivity contribution >= 4 is 27.7 Å². The highest BCUT2D eigenvalue weighted by Gasteiger charge is 2.28. The van der Waals surface area contributed by atoms with Gasteiger partial charge in [-0.3, -0.25) is 9.59 Å². The summed E-state index contributed by atoms with van der Waals surface area (Å²) in [5.41, 5.74) is 0.459. The molecule has 1 saturated heterocycles. The predicted octanol–water partition coefficient (Wildman–Crippen LogP) is 4.04. The van der Waals surface area contributed by atoms with Crippen LogP contribution in [0.3, 0.4) is 0 Å². The Morgan fingerprint density at radius 2 is 1.75 bits per heavy atom. The van der Waals surface area contributed by atoms with Gasteiger partial charge in [-0.25, -0.2) is 13.2 Å². The van der Waals surface area contributed by atoms with Gasteiger partial charge in [0.15, 0.2) is 0 Å². The van der Waals surface area contributed by atoms with Crippen LogP contribution in [0.15, 0.2) is 40.9 Å². The minimum Gasteiger partial charge on any atom is -0.352 e. The Morgan fingerprint density at radius 1 is 1.04 bits per heavy atom. The predicted molar refractivity (Wildman–Crippen MR) is 101 cm³/mol. The summed E-state index contributed by atoms with van der Waals surface area (Å²) < 4.78 is 40.8. The summed E-state index contributed by atoms with van der Waals surface area (Å²) in [6, 6.07) is 7.26. The largest absolute Gasteiger partial charge is 0.352 e. The normalized spacial score (nSPS) is 14.8. The van der Waals surface area contributed by atoms with E-state index in [2.05, 4.69) is 21.2 Å². The third-order valence-electron chi connectivity index (χ3n) is 4.70. The molecule has 1 fully saturated rings. The van der Waals surface area contributed by atoms with Gasteiger partial charge in [0.1, 0.15) is 17.5 Å². The molecule has 4 nitrogen and oxygen atoms in total. The van der Waals surface area contributed by atoms with Gasteiger partial charge < -0.3 is 10.2 Å². The van der Waals surface area contributed by atoms with Crippen LogP contribution in [0.1, 0.15) is 28.8 Å². The van der Waals surface area contributed by atoms with Gasteiger partial charge in [0.2, 0.25) is 5.91 Å². The average molecular weight is 455 g/mol. The first-order valence-corrected chi connectivity index (χ1v) is 9.60. The van der Waals surface area contributed by atoms with Crippen LogP contribution in [0.25, 0.3) is 0 Å². The third-order valence-corrected chi connectivity index (χ3v) is 5.16. The Balaban J connectivity index is 1.53. The van der Waals surface area contributed by atoms with Crippen LogP contribution < -0.4 is 5.32 Å². The highest BCUT2D eigenvalue weighted by atomic mass is 79.9. The molecule has 0 spiro atoms. The van der Waals surface area contributed by atoms with Gasteiger partial charge in [-0.05, 0) is 48.7 Å². The van der Waals surface area contributed by atoms with E-state index < -0.39 is 23.4 Å². The van der Waals surface area contributed by atoms with Crippen LogP contribution in [-0.4, -0.2) is 29.8 Å². The summed E-state index contributed by atoms with van der Waals surface area (Å²) in [5.74, 6) is -2.99. The fourth-order valence-electron chi connectivity index (χ4n) is 3.22. The van der Waals surface area contributed by atoms with Crippen LogP contribution in [0.2, 0.25) is 0 Å². The zero-order valence-corrected chi connectivity index (χ0v) is 16.4. The molecule has 0 saturated carbocycles. The third kappa shape index (κ3) is 4.92. The first-order valence-electron chi connectivity index (χ1n) is 8.80. The molecule has 148 valence electrons. The number of hydrogen-bond acceptors (Lipinski definition) is 2. The van der Waals surface area contributed by atoms with E-state index in [0.717, 1.165) is 12.1 Å². The van der Waals surface area contributed by atoms with Crippen molar-refractivity contribution in [1.82, 2.24) is 10.2 Å². The van der Waals surface area contributed by atoms with E-state index in [1.165, 1.54) is 17.0 Å². The van der Waals surface area contributed by atoms with Crippen LogP contribution in [0.5, 0.6) is 0 Å². The molecule has 0 aromatic heterocycles. The molecule has 1 N–H and O–H groups in total. The van der Waals surface area contributed by atoms with Crippen LogP contribution in [0, 0.1) is 23.4 Å². The van der Waals surface area contributed by atoms with E-state index in [-0.39, 0.29) is 23.9 Å². The Kier molecular flexibility index (Phi) is 6.39. The number of nitrogens with one attached hydrogen (secondary N) is 1. The van der Waals surface area contributed by atoms with Crippen molar-refractivity contribution in [2.24, 2.45) is 5.92 Å². The summed E-state index contributed by atoms with van der Waals surface area (Å²) >= 11 is 3.21. The number of halogens is 4. The molecule has 0 unspecified atom stereocenters. The summed E-state index contributed by atoms with van der Waals surface area (Å²) in [6.45, 7) is 0.813. The van der Waals surface area contributed by atoms with Gasteiger partial charge in [0.05, 0.1) is 5.56 Å². The SMILES string of the molecule is O=C(NCc1cc(F)cc(Br)c1)C1CCN(C(=O)c2ccc(F)cc2F)CC1. The van der Waals surface area contributed by atoms with Gasteiger partial charge in [0, 0.05) is 36.1 Å². The fourth-order valence-corrected chi connectivity index (χ4v) is 3.74. The number of rotatable bonds is 4. The van der Waals surface area contributed by atoms with Crippen molar-refractivity contribution in [3.63, 3.8) is 0 Å². The standard InChI is InChI=1S/C20H18BrF3N2O2/c21-14-7-12(8-16(23)9-14)11-25-19(27)13-3-5-26(6-4-13)20(28)17-2-1-15(22)10-18(17)24/h1-2,7-10,13H,3-6,11H2,(H,25,27). The fraction of sp³-hybridized carbons (Fsp3) is 0.300. The summed E-state index contributed by atoms with van der Waals surface area (Å²) in [6.07, 6.45) is 0.875. The molecule has 0 radical (unpaired) electrons. The number of benzene rings is 2. The molecule has 2 aromatic rings. The minimum absolute atomic E-state index is 0.166. The highest BCUT2D eigenvalue weighted by Crippen LogP contribution is 2.21. The monoisotopic (exact) mass is 454 g/mol. The molecule has 0 atom stereocenters. The number of piperidine rings is 1. The molecule has 28 heavy (non-hydrogen) atoms. The molecule has 1 aliphatic heterocycles. The van der Waals surface area contributed by atoms with Gasteiger partial charge in [0.25, 0.3) is 5.91 Å². The lowest BCUT2D eigenvalue weighted by atomic mass is 9.95. The second-order valence-electron chi connectivity index (χ2n) is 6.69. The first-order chi connectivity index (χ1) is 13.3. The number of carbonyl (C=O) groups is 2.